The van der Waals surface area contributed by atoms with Gasteiger partial charge in [-0.3, -0.25) is 4.79 Å². The minimum absolute atomic E-state index is 0.356. The zero-order valence-corrected chi connectivity index (χ0v) is 9.42. The molecule has 0 bridgehead atoms. The number of hydrogen-bond donors (Lipinski definition) is 1. The molecular weight excluding hydrogens is 178 g/mol. The quantitative estimate of drug-likeness (QED) is 0.709. The maximum atomic E-state index is 10.9. The highest BCUT2D eigenvalue weighted by Gasteiger charge is 2.49. The molecule has 0 amide bonds. The lowest BCUT2D eigenvalue weighted by Gasteiger charge is -2.20. The predicted octanol–water partition coefficient (Wildman–Crippen LogP) is 1.83. The van der Waals surface area contributed by atoms with E-state index in [-0.39, 0.29) is 5.41 Å². The normalized spacial score (nSPS) is 18.9. The van der Waals surface area contributed by atoms with Crippen molar-refractivity contribution in [1.82, 2.24) is 4.90 Å². The fourth-order valence-electron chi connectivity index (χ4n) is 1.84. The van der Waals surface area contributed by atoms with E-state index in [9.17, 15) is 4.79 Å². The first-order valence-electron chi connectivity index (χ1n) is 5.38. The van der Waals surface area contributed by atoms with Crippen LogP contribution in [0.25, 0.3) is 0 Å². The zero-order valence-electron chi connectivity index (χ0n) is 9.42. The van der Waals surface area contributed by atoms with E-state index in [1.54, 1.807) is 0 Å². The van der Waals surface area contributed by atoms with Crippen LogP contribution in [0, 0.1) is 11.3 Å². The number of carboxylic acid groups (broad SMARTS) is 1. The van der Waals surface area contributed by atoms with Gasteiger partial charge in [0.1, 0.15) is 0 Å². The Balaban J connectivity index is 2.23. The average molecular weight is 199 g/mol. The van der Waals surface area contributed by atoms with Gasteiger partial charge in [0.15, 0.2) is 0 Å². The fourth-order valence-corrected chi connectivity index (χ4v) is 1.84. The van der Waals surface area contributed by atoms with Crippen molar-refractivity contribution in [3.63, 3.8) is 0 Å². The molecule has 0 atom stereocenters. The summed E-state index contributed by atoms with van der Waals surface area (Å²) in [6.45, 7) is 6.32. The van der Waals surface area contributed by atoms with Crippen LogP contribution in [0.15, 0.2) is 0 Å². The van der Waals surface area contributed by atoms with Gasteiger partial charge >= 0.3 is 5.97 Å². The van der Waals surface area contributed by atoms with Crippen LogP contribution in [0.2, 0.25) is 0 Å². The van der Waals surface area contributed by atoms with Crippen LogP contribution in [0.5, 0.6) is 0 Å². The molecular formula is C11H21NO2. The summed E-state index contributed by atoms with van der Waals surface area (Å²) < 4.78 is 0. The summed E-state index contributed by atoms with van der Waals surface area (Å²) in [7, 11) is 2.07. The molecule has 0 heterocycles. The summed E-state index contributed by atoms with van der Waals surface area (Å²) in [5.74, 6) is 0.0513. The molecule has 1 N–H and O–H groups in total. The number of hydrogen-bond acceptors (Lipinski definition) is 2. The summed E-state index contributed by atoms with van der Waals surface area (Å²) in [5, 5.41) is 8.98. The largest absolute Gasteiger partial charge is 0.481 e. The van der Waals surface area contributed by atoms with Gasteiger partial charge in [-0.2, -0.15) is 0 Å². The number of carboxylic acids is 1. The molecule has 0 aromatic heterocycles. The van der Waals surface area contributed by atoms with Crippen molar-refractivity contribution in [3.05, 3.63) is 0 Å². The molecule has 14 heavy (non-hydrogen) atoms. The lowest BCUT2D eigenvalue weighted by molar-refractivity contribution is -0.143. The molecule has 0 unspecified atom stereocenters. The third-order valence-electron chi connectivity index (χ3n) is 2.96. The van der Waals surface area contributed by atoms with Crippen molar-refractivity contribution in [3.8, 4) is 0 Å². The van der Waals surface area contributed by atoms with Gasteiger partial charge in [-0.25, -0.2) is 0 Å². The molecule has 0 radical (unpaired) electrons. The van der Waals surface area contributed by atoms with Crippen LogP contribution in [-0.2, 0) is 4.79 Å². The van der Waals surface area contributed by atoms with Crippen molar-refractivity contribution in [2.75, 3.05) is 20.1 Å². The predicted molar refractivity (Wildman–Crippen MR) is 56.3 cm³/mol. The molecule has 3 heteroatoms. The Morgan fingerprint density at radius 3 is 2.43 bits per heavy atom. The van der Waals surface area contributed by atoms with Crippen molar-refractivity contribution in [2.45, 2.75) is 33.1 Å². The van der Waals surface area contributed by atoms with Crippen molar-refractivity contribution < 1.29 is 9.90 Å². The zero-order chi connectivity index (χ0) is 10.8. The van der Waals surface area contributed by atoms with E-state index in [2.05, 4.69) is 25.8 Å². The van der Waals surface area contributed by atoms with Gasteiger partial charge in [0.25, 0.3) is 0 Å². The lowest BCUT2D eigenvalue weighted by atomic mass is 10.0. The number of aliphatic carboxylic acids is 1. The van der Waals surface area contributed by atoms with Gasteiger partial charge in [0.05, 0.1) is 5.41 Å². The second-order valence-corrected chi connectivity index (χ2v) is 4.99. The third-order valence-corrected chi connectivity index (χ3v) is 2.96. The van der Waals surface area contributed by atoms with Gasteiger partial charge in [-0.15, -0.1) is 0 Å². The van der Waals surface area contributed by atoms with Crippen molar-refractivity contribution >= 4 is 5.97 Å². The van der Waals surface area contributed by atoms with Crippen molar-refractivity contribution in [2.24, 2.45) is 11.3 Å². The third kappa shape index (κ3) is 2.98. The Morgan fingerprint density at radius 1 is 1.50 bits per heavy atom. The van der Waals surface area contributed by atoms with Crippen LogP contribution in [0.3, 0.4) is 0 Å². The molecule has 1 saturated carbocycles. The highest BCUT2D eigenvalue weighted by atomic mass is 16.4. The second kappa shape index (κ2) is 4.30. The number of nitrogens with zero attached hydrogens (tertiary/aromatic N) is 1. The van der Waals surface area contributed by atoms with E-state index >= 15 is 0 Å². The highest BCUT2D eigenvalue weighted by Crippen LogP contribution is 2.48. The summed E-state index contributed by atoms with van der Waals surface area (Å²) in [6.07, 6.45) is 2.56. The van der Waals surface area contributed by atoms with Crippen LogP contribution >= 0.6 is 0 Å². The van der Waals surface area contributed by atoms with Gasteiger partial charge < -0.3 is 10.0 Å². The van der Waals surface area contributed by atoms with E-state index in [0.29, 0.717) is 5.92 Å². The van der Waals surface area contributed by atoms with Gasteiger partial charge in [-0.05, 0) is 38.8 Å². The van der Waals surface area contributed by atoms with Crippen molar-refractivity contribution in [1.29, 1.82) is 0 Å². The van der Waals surface area contributed by atoms with E-state index in [0.717, 1.165) is 32.4 Å². The summed E-state index contributed by atoms with van der Waals surface area (Å²) >= 11 is 0. The topological polar surface area (TPSA) is 40.5 Å². The molecule has 0 aromatic rings. The molecule has 1 aliphatic rings. The molecule has 0 spiro atoms. The van der Waals surface area contributed by atoms with Crippen LogP contribution in [-0.4, -0.2) is 36.1 Å². The Bertz CT molecular complexity index is 209. The number of rotatable bonds is 6. The van der Waals surface area contributed by atoms with Gasteiger partial charge in [0, 0.05) is 6.54 Å². The second-order valence-electron chi connectivity index (χ2n) is 4.99. The first-order valence-corrected chi connectivity index (χ1v) is 5.38. The Morgan fingerprint density at radius 2 is 2.07 bits per heavy atom. The minimum Gasteiger partial charge on any atom is -0.481 e. The fraction of sp³-hybridized carbons (Fsp3) is 0.909. The Hall–Kier alpha value is -0.570. The van der Waals surface area contributed by atoms with E-state index in [1.807, 2.05) is 0 Å². The van der Waals surface area contributed by atoms with Crippen LogP contribution in [0.1, 0.15) is 33.1 Å². The molecule has 1 rings (SSSR count). The Kier molecular flexibility index (Phi) is 3.53. The first-order chi connectivity index (χ1) is 6.46. The SMILES string of the molecule is CC(C)CN(C)CCC1(C(=O)O)CC1. The maximum absolute atomic E-state index is 10.9. The van der Waals surface area contributed by atoms with Gasteiger partial charge in [0.2, 0.25) is 0 Å². The standard InChI is InChI=1S/C11H21NO2/c1-9(2)8-12(3)7-6-11(4-5-11)10(13)14/h9H,4-8H2,1-3H3,(H,13,14). The smallest absolute Gasteiger partial charge is 0.309 e. The molecule has 1 aliphatic carbocycles. The van der Waals surface area contributed by atoms with E-state index < -0.39 is 5.97 Å². The van der Waals surface area contributed by atoms with Crippen LogP contribution in [0.4, 0.5) is 0 Å². The maximum Gasteiger partial charge on any atom is 0.309 e. The summed E-state index contributed by atoms with van der Waals surface area (Å²) in [4.78, 5) is 13.1. The van der Waals surface area contributed by atoms with E-state index in [4.69, 9.17) is 5.11 Å². The molecule has 82 valence electrons. The summed E-state index contributed by atoms with van der Waals surface area (Å²) in [5.41, 5.74) is -0.356. The molecule has 0 saturated heterocycles. The Labute approximate surface area is 86.1 Å². The monoisotopic (exact) mass is 199 g/mol. The lowest BCUT2D eigenvalue weighted by Crippen LogP contribution is -2.28. The van der Waals surface area contributed by atoms with Gasteiger partial charge in [-0.1, -0.05) is 13.8 Å². The first kappa shape index (κ1) is 11.5. The van der Waals surface area contributed by atoms with Crippen LogP contribution < -0.4 is 0 Å². The van der Waals surface area contributed by atoms with E-state index in [1.165, 1.54) is 0 Å². The molecule has 0 aliphatic heterocycles. The average Bonchev–Trinajstić information content (AvgIpc) is 2.79. The molecule has 1 fully saturated rings. The number of carbonyl (C=O) groups is 1. The summed E-state index contributed by atoms with van der Waals surface area (Å²) in [6, 6.07) is 0. The molecule has 0 aromatic carbocycles. The highest BCUT2D eigenvalue weighted by molar-refractivity contribution is 5.77. The molecule has 3 nitrogen and oxygen atoms in total. The minimum atomic E-state index is -0.601.